The lowest BCUT2D eigenvalue weighted by Gasteiger charge is -2.24. The molecule has 4 rings (SSSR count). The Labute approximate surface area is 270 Å². The lowest BCUT2D eigenvalue weighted by atomic mass is 10.1. The van der Waals surface area contributed by atoms with Crippen LogP contribution in [0.3, 0.4) is 0 Å². The van der Waals surface area contributed by atoms with E-state index in [0.29, 0.717) is 11.4 Å². The molecule has 3 aromatic carbocycles. The van der Waals surface area contributed by atoms with Gasteiger partial charge in [0.25, 0.3) is 5.91 Å². The van der Waals surface area contributed by atoms with E-state index in [4.69, 9.17) is 9.47 Å². The van der Waals surface area contributed by atoms with Gasteiger partial charge >= 0.3 is 24.1 Å². The van der Waals surface area contributed by atoms with E-state index in [1.54, 1.807) is 43.3 Å². The van der Waals surface area contributed by atoms with Crippen molar-refractivity contribution in [2.45, 2.75) is 45.6 Å². The molecular formula is C33H36N6O8. The molecule has 1 heterocycles. The molecule has 4 amide bonds. The molecule has 14 nitrogen and oxygen atoms in total. The Bertz CT molecular complexity index is 1660. The lowest BCUT2D eigenvalue weighted by Crippen LogP contribution is -2.48. The number of aliphatic carboxylic acids is 1. The molecule has 246 valence electrons. The van der Waals surface area contributed by atoms with Gasteiger partial charge in [-0.3, -0.25) is 4.79 Å². The van der Waals surface area contributed by atoms with Crippen LogP contribution in [0.15, 0.2) is 78.9 Å². The van der Waals surface area contributed by atoms with Crippen LogP contribution in [-0.4, -0.2) is 75.2 Å². The number of amides is 4. The van der Waals surface area contributed by atoms with Gasteiger partial charge in [-0.1, -0.05) is 54.6 Å². The minimum Gasteiger partial charge on any atom is -0.480 e. The third kappa shape index (κ3) is 10.0. The lowest BCUT2D eigenvalue weighted by molar-refractivity contribution is -0.145. The topological polar surface area (TPSA) is 192 Å². The number of benzene rings is 3. The Morgan fingerprint density at radius 1 is 0.872 bits per heavy atom. The highest BCUT2D eigenvalue weighted by Crippen LogP contribution is 2.15. The van der Waals surface area contributed by atoms with Crippen LogP contribution in [0.5, 0.6) is 0 Å². The van der Waals surface area contributed by atoms with Gasteiger partial charge < -0.3 is 40.4 Å². The molecule has 47 heavy (non-hydrogen) atoms. The molecule has 0 spiro atoms. The van der Waals surface area contributed by atoms with Crippen LogP contribution in [-0.2, 0) is 38.8 Å². The van der Waals surface area contributed by atoms with Crippen molar-refractivity contribution >= 4 is 41.0 Å². The SMILES string of the molecule is CCOC(=O)[C@H](C)NC(=O)N(Cc1ccc(C(=O)NC[C@H](NC(=O)OCc2ccccc2)C(=O)O)cc1)Cc1nc2ccccc2[nH]1. The van der Waals surface area contributed by atoms with Crippen molar-refractivity contribution in [3.05, 3.63) is 101 Å². The average molecular weight is 645 g/mol. The number of carbonyl (C=O) groups is 5. The summed E-state index contributed by atoms with van der Waals surface area (Å²) < 4.78 is 10.1. The molecule has 0 aliphatic rings. The van der Waals surface area contributed by atoms with Gasteiger partial charge in [-0.2, -0.15) is 0 Å². The maximum absolute atomic E-state index is 13.3. The number of carbonyl (C=O) groups excluding carboxylic acids is 4. The summed E-state index contributed by atoms with van der Waals surface area (Å²) in [6.45, 7) is 3.15. The largest absolute Gasteiger partial charge is 0.480 e. The van der Waals surface area contributed by atoms with Gasteiger partial charge in [-0.05, 0) is 49.2 Å². The smallest absolute Gasteiger partial charge is 0.408 e. The van der Waals surface area contributed by atoms with Crippen molar-refractivity contribution in [3.63, 3.8) is 0 Å². The molecule has 0 bridgehead atoms. The highest BCUT2D eigenvalue weighted by atomic mass is 16.5. The van der Waals surface area contributed by atoms with Crippen molar-refractivity contribution in [1.29, 1.82) is 0 Å². The molecular weight excluding hydrogens is 608 g/mol. The molecule has 0 saturated heterocycles. The summed E-state index contributed by atoms with van der Waals surface area (Å²) in [4.78, 5) is 71.2. The van der Waals surface area contributed by atoms with E-state index >= 15 is 0 Å². The van der Waals surface area contributed by atoms with Gasteiger partial charge in [0.1, 0.15) is 24.5 Å². The molecule has 0 fully saturated rings. The van der Waals surface area contributed by atoms with Gasteiger partial charge in [-0.25, -0.2) is 24.2 Å². The monoisotopic (exact) mass is 644 g/mol. The Morgan fingerprint density at radius 2 is 1.57 bits per heavy atom. The number of ether oxygens (including phenoxy) is 2. The number of nitrogens with zero attached hydrogens (tertiary/aromatic N) is 2. The minimum absolute atomic E-state index is 0.0422. The van der Waals surface area contributed by atoms with Crippen molar-refractivity contribution in [2.75, 3.05) is 13.2 Å². The number of esters is 1. The molecule has 5 N–H and O–H groups in total. The van der Waals surface area contributed by atoms with Crippen molar-refractivity contribution < 1.29 is 38.6 Å². The third-order valence-corrected chi connectivity index (χ3v) is 6.91. The van der Waals surface area contributed by atoms with Crippen molar-refractivity contribution in [1.82, 2.24) is 30.8 Å². The fourth-order valence-electron chi connectivity index (χ4n) is 4.45. The van der Waals surface area contributed by atoms with Gasteiger partial charge in [0.2, 0.25) is 0 Å². The number of aromatic nitrogens is 2. The van der Waals surface area contributed by atoms with E-state index in [1.807, 2.05) is 30.3 Å². The predicted octanol–water partition coefficient (Wildman–Crippen LogP) is 3.34. The number of alkyl carbamates (subject to hydrolysis) is 1. The summed E-state index contributed by atoms with van der Waals surface area (Å²) in [5, 5.41) is 16.9. The van der Waals surface area contributed by atoms with Gasteiger partial charge in [-0.15, -0.1) is 0 Å². The minimum atomic E-state index is -1.43. The number of fused-ring (bicyclic) bond motifs is 1. The Morgan fingerprint density at radius 3 is 2.26 bits per heavy atom. The van der Waals surface area contributed by atoms with Gasteiger partial charge in [0.15, 0.2) is 0 Å². The second kappa shape index (κ2) is 16.4. The molecule has 0 radical (unpaired) electrons. The van der Waals surface area contributed by atoms with E-state index in [2.05, 4.69) is 25.9 Å². The fourth-order valence-corrected chi connectivity index (χ4v) is 4.45. The number of H-pyrrole nitrogens is 1. The quantitative estimate of drug-likeness (QED) is 0.128. The summed E-state index contributed by atoms with van der Waals surface area (Å²) in [7, 11) is 0. The van der Waals surface area contributed by atoms with E-state index < -0.39 is 42.1 Å². The highest BCUT2D eigenvalue weighted by molar-refractivity contribution is 5.94. The van der Waals surface area contributed by atoms with Crippen molar-refractivity contribution in [2.24, 2.45) is 0 Å². The number of nitrogens with one attached hydrogen (secondary N) is 4. The van der Waals surface area contributed by atoms with Crippen LogP contribution >= 0.6 is 0 Å². The second-order valence-corrected chi connectivity index (χ2v) is 10.5. The summed E-state index contributed by atoms with van der Waals surface area (Å²) >= 11 is 0. The van der Waals surface area contributed by atoms with E-state index in [0.717, 1.165) is 16.6 Å². The van der Waals surface area contributed by atoms with Crippen LogP contribution in [0.25, 0.3) is 11.0 Å². The van der Waals surface area contributed by atoms with E-state index in [1.165, 1.54) is 24.0 Å². The number of hydrogen-bond donors (Lipinski definition) is 5. The molecule has 0 unspecified atom stereocenters. The number of imidazole rings is 1. The standard InChI is InChI=1S/C33H36N6O8/c1-3-46-31(43)21(2)35-32(44)39(19-28-36-25-11-7-8-12-26(25)37-28)18-22-13-15-24(16-14-22)29(40)34-17-27(30(41)42)38-33(45)47-20-23-9-5-4-6-10-23/h4-16,21,27H,3,17-20H2,1-2H3,(H,34,40)(H,35,44)(H,36,37)(H,38,45)(H,41,42)/t21-,27-/m0/s1. The van der Waals surface area contributed by atoms with Crippen molar-refractivity contribution in [3.8, 4) is 0 Å². The summed E-state index contributed by atoms with van der Waals surface area (Å²) in [5.74, 6) is -1.95. The first-order chi connectivity index (χ1) is 22.6. The molecule has 1 aromatic heterocycles. The molecule has 2 atom stereocenters. The summed E-state index contributed by atoms with van der Waals surface area (Å²) in [6, 6.07) is 19.8. The van der Waals surface area contributed by atoms with E-state index in [-0.39, 0.29) is 38.4 Å². The zero-order chi connectivity index (χ0) is 33.8. The second-order valence-electron chi connectivity index (χ2n) is 10.5. The van der Waals surface area contributed by atoms with E-state index in [9.17, 15) is 29.1 Å². The molecule has 0 saturated carbocycles. The highest BCUT2D eigenvalue weighted by Gasteiger charge is 2.24. The number of aromatic amines is 1. The zero-order valence-corrected chi connectivity index (χ0v) is 25.9. The number of rotatable bonds is 14. The maximum Gasteiger partial charge on any atom is 0.408 e. The zero-order valence-electron chi connectivity index (χ0n) is 25.9. The van der Waals surface area contributed by atoms with Crippen LogP contribution in [0.1, 0.15) is 41.2 Å². The van der Waals surface area contributed by atoms with Crippen LogP contribution in [0.2, 0.25) is 0 Å². The van der Waals surface area contributed by atoms with Gasteiger partial charge in [0, 0.05) is 18.7 Å². The predicted molar refractivity (Wildman–Crippen MR) is 170 cm³/mol. The van der Waals surface area contributed by atoms with Crippen LogP contribution in [0, 0.1) is 0 Å². The van der Waals surface area contributed by atoms with Crippen LogP contribution in [0.4, 0.5) is 9.59 Å². The Kier molecular flexibility index (Phi) is 11.9. The molecule has 0 aliphatic carbocycles. The van der Waals surface area contributed by atoms with Gasteiger partial charge in [0.05, 0.1) is 24.2 Å². The molecule has 0 aliphatic heterocycles. The third-order valence-electron chi connectivity index (χ3n) is 6.91. The first-order valence-electron chi connectivity index (χ1n) is 14.9. The first-order valence-corrected chi connectivity index (χ1v) is 14.9. The average Bonchev–Trinajstić information content (AvgIpc) is 3.48. The van der Waals surface area contributed by atoms with Crippen LogP contribution < -0.4 is 16.0 Å². The summed E-state index contributed by atoms with van der Waals surface area (Å²) in [6.07, 6.45) is -0.937. The number of hydrogen-bond acceptors (Lipinski definition) is 8. The molecule has 4 aromatic rings. The maximum atomic E-state index is 13.3. The molecule has 14 heteroatoms. The number of carboxylic acid groups (broad SMARTS) is 1. The number of urea groups is 1. The number of para-hydroxylation sites is 2. The first kappa shape index (κ1) is 34.0. The number of carboxylic acids is 1. The fraction of sp³-hybridized carbons (Fsp3) is 0.273. The Hall–Kier alpha value is -5.92. The normalized spacial score (nSPS) is 12.0. The Balaban J connectivity index is 1.37. The summed E-state index contributed by atoms with van der Waals surface area (Å²) in [5.41, 5.74) is 3.18.